The van der Waals surface area contributed by atoms with Crippen LogP contribution in [-0.2, 0) is 14.2 Å². The van der Waals surface area contributed by atoms with Crippen molar-refractivity contribution in [2.45, 2.75) is 36.1 Å². The van der Waals surface area contributed by atoms with Gasteiger partial charge in [-0.25, -0.2) is 0 Å². The monoisotopic (exact) mass is 298 g/mol. The van der Waals surface area contributed by atoms with Gasteiger partial charge in [-0.2, -0.15) is 0 Å². The minimum absolute atomic E-state index is 0.338. The number of hydrogen-bond acceptors (Lipinski definition) is 6. The Kier molecular flexibility index (Phi) is 4.30. The summed E-state index contributed by atoms with van der Waals surface area (Å²) in [5, 5.41) is 20.2. The average Bonchev–Trinajstić information content (AvgIpc) is 2.51. The minimum Gasteiger partial charge on any atom is -0.387 e. The van der Waals surface area contributed by atoms with Gasteiger partial charge in [0, 0.05) is 5.56 Å². The zero-order valence-electron chi connectivity index (χ0n) is 11.1. The van der Waals surface area contributed by atoms with Gasteiger partial charge < -0.3 is 24.4 Å². The average molecular weight is 298 g/mol. The standard InChI is InChI=1S/C14H18O5S/c1-20-14-11(16)10(15)12-9(18-14)7-17-13(19-12)8-5-3-2-4-6-8/h2-6,9-16H,7H2,1H3/t9?,10-,11?,12-,13?,14+/m1/s1. The Balaban J connectivity index is 1.74. The second kappa shape index (κ2) is 6.01. The zero-order valence-corrected chi connectivity index (χ0v) is 11.9. The summed E-state index contributed by atoms with van der Waals surface area (Å²) in [5.41, 5.74) is 0.436. The molecule has 6 atom stereocenters. The van der Waals surface area contributed by atoms with E-state index in [0.29, 0.717) is 6.61 Å². The van der Waals surface area contributed by atoms with Crippen LogP contribution in [0.2, 0.25) is 0 Å². The Morgan fingerprint density at radius 2 is 1.85 bits per heavy atom. The maximum atomic E-state index is 10.2. The fourth-order valence-electron chi connectivity index (χ4n) is 2.55. The van der Waals surface area contributed by atoms with Gasteiger partial charge in [-0.1, -0.05) is 30.3 Å². The number of benzene rings is 1. The fourth-order valence-corrected chi connectivity index (χ4v) is 3.25. The van der Waals surface area contributed by atoms with Gasteiger partial charge in [0.2, 0.25) is 0 Å². The molecule has 0 aromatic heterocycles. The van der Waals surface area contributed by atoms with E-state index in [1.165, 1.54) is 11.8 Å². The maximum absolute atomic E-state index is 10.2. The minimum atomic E-state index is -0.971. The topological polar surface area (TPSA) is 68.2 Å². The van der Waals surface area contributed by atoms with Crippen LogP contribution in [0.25, 0.3) is 0 Å². The Hall–Kier alpha value is -0.630. The molecule has 1 aromatic rings. The smallest absolute Gasteiger partial charge is 0.184 e. The van der Waals surface area contributed by atoms with Crippen molar-refractivity contribution in [1.82, 2.24) is 0 Å². The van der Waals surface area contributed by atoms with Crippen LogP contribution in [0.3, 0.4) is 0 Å². The lowest BCUT2D eigenvalue weighted by molar-refractivity contribution is -0.318. The summed E-state index contributed by atoms with van der Waals surface area (Å²) < 4.78 is 17.2. The normalized spacial score (nSPS) is 41.1. The SMILES string of the molecule is CS[C@@H]1OC2COC(c3ccccc3)O[C@H]2[C@H](O)C1O. The van der Waals surface area contributed by atoms with E-state index >= 15 is 0 Å². The van der Waals surface area contributed by atoms with Crippen molar-refractivity contribution in [3.05, 3.63) is 35.9 Å². The summed E-state index contributed by atoms with van der Waals surface area (Å²) in [4.78, 5) is 0. The highest BCUT2D eigenvalue weighted by molar-refractivity contribution is 7.99. The Labute approximate surface area is 121 Å². The molecule has 0 spiro atoms. The van der Waals surface area contributed by atoms with Gasteiger partial charge in [-0.05, 0) is 6.26 Å². The van der Waals surface area contributed by atoms with Crippen LogP contribution in [0, 0.1) is 0 Å². The predicted molar refractivity (Wildman–Crippen MR) is 74.2 cm³/mol. The highest BCUT2D eigenvalue weighted by atomic mass is 32.2. The summed E-state index contributed by atoms with van der Waals surface area (Å²) in [5.74, 6) is 0. The van der Waals surface area contributed by atoms with Gasteiger partial charge >= 0.3 is 0 Å². The molecule has 110 valence electrons. The van der Waals surface area contributed by atoms with Crippen LogP contribution in [0.15, 0.2) is 30.3 Å². The third-order valence-electron chi connectivity index (χ3n) is 3.64. The van der Waals surface area contributed by atoms with Gasteiger partial charge in [0.1, 0.15) is 29.9 Å². The first kappa shape index (κ1) is 14.3. The third-order valence-corrected chi connectivity index (χ3v) is 4.49. The summed E-state index contributed by atoms with van der Waals surface area (Å²) in [6, 6.07) is 9.53. The van der Waals surface area contributed by atoms with Crippen LogP contribution < -0.4 is 0 Å². The molecule has 2 N–H and O–H groups in total. The Bertz CT molecular complexity index is 440. The van der Waals surface area contributed by atoms with Crippen molar-refractivity contribution in [3.63, 3.8) is 0 Å². The first-order valence-corrected chi connectivity index (χ1v) is 7.86. The van der Waals surface area contributed by atoms with E-state index in [9.17, 15) is 10.2 Å². The summed E-state index contributed by atoms with van der Waals surface area (Å²) in [7, 11) is 0. The van der Waals surface area contributed by atoms with Gasteiger partial charge in [-0.3, -0.25) is 0 Å². The molecule has 20 heavy (non-hydrogen) atoms. The molecule has 0 amide bonds. The van der Waals surface area contributed by atoms with E-state index in [4.69, 9.17) is 14.2 Å². The van der Waals surface area contributed by atoms with Gasteiger partial charge in [-0.15, -0.1) is 11.8 Å². The van der Waals surface area contributed by atoms with E-state index in [1.54, 1.807) is 0 Å². The molecule has 3 unspecified atom stereocenters. The molecule has 6 heteroatoms. The van der Waals surface area contributed by atoms with E-state index in [0.717, 1.165) is 5.56 Å². The van der Waals surface area contributed by atoms with E-state index in [1.807, 2.05) is 36.6 Å². The highest BCUT2D eigenvalue weighted by Gasteiger charge is 2.48. The predicted octanol–water partition coefficient (Wildman–Crippen LogP) is 0.910. The van der Waals surface area contributed by atoms with Crippen molar-refractivity contribution < 1.29 is 24.4 Å². The van der Waals surface area contributed by atoms with Crippen LogP contribution in [0.1, 0.15) is 11.9 Å². The lowest BCUT2D eigenvalue weighted by atomic mass is 9.99. The van der Waals surface area contributed by atoms with E-state index in [-0.39, 0.29) is 6.10 Å². The van der Waals surface area contributed by atoms with Gasteiger partial charge in [0.15, 0.2) is 6.29 Å². The third kappa shape index (κ3) is 2.59. The van der Waals surface area contributed by atoms with Crippen molar-refractivity contribution in [2.24, 2.45) is 0 Å². The number of hydrogen-bond donors (Lipinski definition) is 2. The zero-order chi connectivity index (χ0) is 14.1. The lowest BCUT2D eigenvalue weighted by Crippen LogP contribution is -2.60. The summed E-state index contributed by atoms with van der Waals surface area (Å²) >= 11 is 1.37. The van der Waals surface area contributed by atoms with E-state index < -0.39 is 30.0 Å². The molecule has 2 aliphatic heterocycles. The Morgan fingerprint density at radius 1 is 1.10 bits per heavy atom. The highest BCUT2D eigenvalue weighted by Crippen LogP contribution is 2.35. The molecule has 3 rings (SSSR count). The number of aliphatic hydroxyl groups excluding tert-OH is 2. The van der Waals surface area contributed by atoms with Crippen LogP contribution in [0.4, 0.5) is 0 Å². The lowest BCUT2D eigenvalue weighted by Gasteiger charge is -2.46. The Morgan fingerprint density at radius 3 is 2.55 bits per heavy atom. The fraction of sp³-hybridized carbons (Fsp3) is 0.571. The summed E-state index contributed by atoms with van der Waals surface area (Å²) in [6.45, 7) is 0.338. The van der Waals surface area contributed by atoms with Crippen molar-refractivity contribution >= 4 is 11.8 Å². The molecule has 2 heterocycles. The summed E-state index contributed by atoms with van der Waals surface area (Å²) in [6.07, 6.45) is -1.56. The number of ether oxygens (including phenoxy) is 3. The number of fused-ring (bicyclic) bond motifs is 1. The first-order chi connectivity index (χ1) is 9.70. The van der Waals surface area contributed by atoms with Crippen molar-refractivity contribution in [1.29, 1.82) is 0 Å². The molecule has 0 radical (unpaired) electrons. The first-order valence-electron chi connectivity index (χ1n) is 6.57. The molecule has 5 nitrogen and oxygen atoms in total. The van der Waals surface area contributed by atoms with Gasteiger partial charge in [0.25, 0.3) is 0 Å². The molecular weight excluding hydrogens is 280 g/mol. The van der Waals surface area contributed by atoms with Crippen LogP contribution >= 0.6 is 11.8 Å². The number of aliphatic hydroxyl groups is 2. The van der Waals surface area contributed by atoms with Crippen molar-refractivity contribution in [2.75, 3.05) is 12.9 Å². The second-order valence-electron chi connectivity index (χ2n) is 4.94. The molecular formula is C14H18O5S. The second-order valence-corrected chi connectivity index (χ2v) is 5.87. The molecule has 2 fully saturated rings. The molecule has 0 saturated carbocycles. The van der Waals surface area contributed by atoms with Gasteiger partial charge in [0.05, 0.1) is 6.61 Å². The van der Waals surface area contributed by atoms with Crippen LogP contribution in [-0.4, -0.2) is 52.9 Å². The largest absolute Gasteiger partial charge is 0.387 e. The number of thioether (sulfide) groups is 1. The molecule has 1 aromatic carbocycles. The van der Waals surface area contributed by atoms with Crippen molar-refractivity contribution in [3.8, 4) is 0 Å². The molecule has 0 bridgehead atoms. The quantitative estimate of drug-likeness (QED) is 0.846. The van der Waals surface area contributed by atoms with E-state index in [2.05, 4.69) is 0 Å². The molecule has 2 aliphatic rings. The molecule has 2 saturated heterocycles. The molecule has 0 aliphatic carbocycles. The van der Waals surface area contributed by atoms with Crippen LogP contribution in [0.5, 0.6) is 0 Å². The maximum Gasteiger partial charge on any atom is 0.184 e. The number of rotatable bonds is 2.